The van der Waals surface area contributed by atoms with Crippen LogP contribution in [0.5, 0.6) is 5.75 Å². The van der Waals surface area contributed by atoms with Crippen LogP contribution in [0.3, 0.4) is 0 Å². The van der Waals surface area contributed by atoms with Gasteiger partial charge in [-0.25, -0.2) is 4.79 Å². The van der Waals surface area contributed by atoms with Crippen molar-refractivity contribution in [1.82, 2.24) is 9.78 Å². The Kier molecular flexibility index (Phi) is 2.75. The molecule has 0 aliphatic rings. The summed E-state index contributed by atoms with van der Waals surface area (Å²) in [5.74, 6) is -0.685. The maximum Gasteiger partial charge on any atom is 0.358 e. The fraction of sp³-hybridized carbons (Fsp3) is 0.600. The second kappa shape index (κ2) is 3.56. The van der Waals surface area contributed by atoms with Crippen LogP contribution in [-0.2, 0) is 12.5 Å². The van der Waals surface area contributed by atoms with Crippen molar-refractivity contribution in [2.24, 2.45) is 7.05 Å². The van der Waals surface area contributed by atoms with Crippen LogP contribution in [0.2, 0.25) is 0 Å². The topological polar surface area (TPSA) is 64.4 Å². The summed E-state index contributed by atoms with van der Waals surface area (Å²) in [6.07, 6.45) is 0. The van der Waals surface area contributed by atoms with E-state index in [-0.39, 0.29) is 11.1 Å². The molecule has 0 bridgehead atoms. The molecule has 1 aromatic rings. The fourth-order valence-electron chi connectivity index (χ4n) is 1.42. The average Bonchev–Trinajstić information content (AvgIpc) is 2.41. The molecule has 5 nitrogen and oxygen atoms in total. The van der Waals surface area contributed by atoms with E-state index in [1.165, 1.54) is 11.8 Å². The molecule has 0 spiro atoms. The van der Waals surface area contributed by atoms with Crippen molar-refractivity contribution in [3.05, 3.63) is 11.4 Å². The zero-order valence-corrected chi connectivity index (χ0v) is 9.66. The highest BCUT2D eigenvalue weighted by Crippen LogP contribution is 2.32. The van der Waals surface area contributed by atoms with E-state index in [4.69, 9.17) is 9.84 Å². The number of hydrogen-bond donors (Lipinski definition) is 1. The van der Waals surface area contributed by atoms with Crippen LogP contribution in [0.4, 0.5) is 0 Å². The molecule has 1 N–H and O–H groups in total. The van der Waals surface area contributed by atoms with E-state index in [2.05, 4.69) is 5.10 Å². The number of ether oxygens (including phenoxy) is 1. The molecule has 1 aromatic heterocycles. The second-order valence-corrected chi connectivity index (χ2v) is 4.41. The number of carbonyl (C=O) groups is 1. The summed E-state index contributed by atoms with van der Waals surface area (Å²) in [7, 11) is 3.06. The van der Waals surface area contributed by atoms with Crippen molar-refractivity contribution in [1.29, 1.82) is 0 Å². The summed E-state index contributed by atoms with van der Waals surface area (Å²) in [5, 5.41) is 13.2. The van der Waals surface area contributed by atoms with Crippen LogP contribution >= 0.6 is 0 Å². The van der Waals surface area contributed by atoms with E-state index < -0.39 is 5.97 Å². The fourth-order valence-corrected chi connectivity index (χ4v) is 1.42. The maximum atomic E-state index is 11.0. The molecule has 1 heterocycles. The largest absolute Gasteiger partial charge is 0.492 e. The van der Waals surface area contributed by atoms with Gasteiger partial charge in [0.05, 0.1) is 7.11 Å². The summed E-state index contributed by atoms with van der Waals surface area (Å²) >= 11 is 0. The van der Waals surface area contributed by atoms with Gasteiger partial charge in [0.25, 0.3) is 0 Å². The van der Waals surface area contributed by atoms with Gasteiger partial charge in [-0.1, -0.05) is 20.8 Å². The number of aryl methyl sites for hydroxylation is 1. The van der Waals surface area contributed by atoms with Gasteiger partial charge in [0.15, 0.2) is 11.4 Å². The number of aromatic carboxylic acids is 1. The third-order valence-electron chi connectivity index (χ3n) is 2.12. The minimum absolute atomic E-state index is 0.0856. The molecule has 0 aliphatic carbocycles. The predicted molar refractivity (Wildman–Crippen MR) is 55.4 cm³/mol. The lowest BCUT2D eigenvalue weighted by Gasteiger charge is -2.16. The first-order valence-corrected chi connectivity index (χ1v) is 4.63. The Labute approximate surface area is 88.7 Å². The van der Waals surface area contributed by atoms with Crippen LogP contribution in [0.25, 0.3) is 0 Å². The van der Waals surface area contributed by atoms with Crippen molar-refractivity contribution in [2.75, 3.05) is 7.11 Å². The minimum Gasteiger partial charge on any atom is -0.492 e. The Morgan fingerprint density at radius 3 is 2.33 bits per heavy atom. The van der Waals surface area contributed by atoms with E-state index in [1.54, 1.807) is 7.05 Å². The van der Waals surface area contributed by atoms with E-state index in [9.17, 15) is 4.79 Å². The van der Waals surface area contributed by atoms with Crippen molar-refractivity contribution < 1.29 is 14.6 Å². The molecule has 1 rings (SSSR count). The van der Waals surface area contributed by atoms with Gasteiger partial charge in [-0.3, -0.25) is 4.68 Å². The molecule has 15 heavy (non-hydrogen) atoms. The van der Waals surface area contributed by atoms with Gasteiger partial charge >= 0.3 is 5.97 Å². The summed E-state index contributed by atoms with van der Waals surface area (Å²) < 4.78 is 6.46. The molecule has 0 aromatic carbocycles. The molecule has 0 radical (unpaired) electrons. The van der Waals surface area contributed by atoms with Crippen LogP contribution in [0.1, 0.15) is 37.0 Å². The van der Waals surface area contributed by atoms with Crippen molar-refractivity contribution in [3.8, 4) is 5.75 Å². The number of rotatable bonds is 2. The van der Waals surface area contributed by atoms with Crippen LogP contribution < -0.4 is 4.74 Å². The molecule has 0 saturated carbocycles. The molecular formula is C10H16N2O3. The number of methoxy groups -OCH3 is 1. The normalized spacial score (nSPS) is 11.5. The second-order valence-electron chi connectivity index (χ2n) is 4.41. The number of hydrogen-bond acceptors (Lipinski definition) is 3. The third-order valence-corrected chi connectivity index (χ3v) is 2.12. The van der Waals surface area contributed by atoms with Gasteiger partial charge in [0.2, 0.25) is 0 Å². The first-order chi connectivity index (χ1) is 6.79. The number of nitrogens with zero attached hydrogens (tertiary/aromatic N) is 2. The van der Waals surface area contributed by atoms with E-state index in [1.807, 2.05) is 20.8 Å². The lowest BCUT2D eigenvalue weighted by Crippen LogP contribution is -2.13. The number of aromatic nitrogens is 2. The third kappa shape index (κ3) is 1.95. The number of carboxylic acid groups (broad SMARTS) is 1. The summed E-state index contributed by atoms with van der Waals surface area (Å²) in [6, 6.07) is 0. The zero-order chi connectivity index (χ0) is 11.8. The number of carboxylic acids is 1. The monoisotopic (exact) mass is 212 g/mol. The zero-order valence-electron chi connectivity index (χ0n) is 9.66. The summed E-state index contributed by atoms with van der Waals surface area (Å²) in [6.45, 7) is 5.89. The lowest BCUT2D eigenvalue weighted by molar-refractivity contribution is 0.0681. The smallest absolute Gasteiger partial charge is 0.358 e. The quantitative estimate of drug-likeness (QED) is 0.805. The van der Waals surface area contributed by atoms with Gasteiger partial charge < -0.3 is 9.84 Å². The highest BCUT2D eigenvalue weighted by Gasteiger charge is 2.29. The van der Waals surface area contributed by atoms with E-state index >= 15 is 0 Å². The Hall–Kier alpha value is -1.52. The van der Waals surface area contributed by atoms with Crippen molar-refractivity contribution in [2.45, 2.75) is 26.2 Å². The lowest BCUT2D eigenvalue weighted by atomic mass is 9.91. The van der Waals surface area contributed by atoms with E-state index in [0.717, 1.165) is 0 Å². The summed E-state index contributed by atoms with van der Waals surface area (Å²) in [4.78, 5) is 11.0. The van der Waals surface area contributed by atoms with Gasteiger partial charge in [-0.05, 0) is 0 Å². The molecule has 0 amide bonds. The standard InChI is InChI=1S/C10H16N2O3/c1-10(2,3)8-7(15-5)6(9(13)14)12(4)11-8/h1-5H3,(H,13,14). The molecule has 5 heteroatoms. The van der Waals surface area contributed by atoms with E-state index in [0.29, 0.717) is 11.4 Å². The molecule has 0 saturated heterocycles. The Bertz CT molecular complexity index is 388. The van der Waals surface area contributed by atoms with Crippen LogP contribution in [0, 0.1) is 0 Å². The summed E-state index contributed by atoms with van der Waals surface area (Å²) in [5.41, 5.74) is 0.504. The first kappa shape index (κ1) is 11.6. The Morgan fingerprint density at radius 2 is 2.00 bits per heavy atom. The van der Waals surface area contributed by atoms with Gasteiger partial charge in [0, 0.05) is 12.5 Å². The van der Waals surface area contributed by atoms with Gasteiger partial charge in [0.1, 0.15) is 5.69 Å². The Morgan fingerprint density at radius 1 is 1.47 bits per heavy atom. The van der Waals surface area contributed by atoms with Crippen molar-refractivity contribution in [3.63, 3.8) is 0 Å². The first-order valence-electron chi connectivity index (χ1n) is 4.63. The SMILES string of the molecule is COc1c(C(C)(C)C)nn(C)c1C(=O)O. The minimum atomic E-state index is -1.03. The molecule has 84 valence electrons. The average molecular weight is 212 g/mol. The Balaban J connectivity index is 3.45. The maximum absolute atomic E-state index is 11.0. The van der Waals surface area contributed by atoms with Crippen LogP contribution in [0.15, 0.2) is 0 Å². The molecule has 0 unspecified atom stereocenters. The van der Waals surface area contributed by atoms with Crippen molar-refractivity contribution >= 4 is 5.97 Å². The predicted octanol–water partition coefficient (Wildman–Crippen LogP) is 1.42. The molecule has 0 fully saturated rings. The molecule has 0 aliphatic heterocycles. The van der Waals surface area contributed by atoms with Crippen LogP contribution in [-0.4, -0.2) is 28.0 Å². The molecule has 0 atom stereocenters. The highest BCUT2D eigenvalue weighted by atomic mass is 16.5. The highest BCUT2D eigenvalue weighted by molar-refractivity contribution is 5.89. The van der Waals surface area contributed by atoms with Gasteiger partial charge in [-0.15, -0.1) is 0 Å². The van der Waals surface area contributed by atoms with Gasteiger partial charge in [-0.2, -0.15) is 5.10 Å². The molecular weight excluding hydrogens is 196 g/mol.